The molecule has 1 aliphatic rings. The highest BCUT2D eigenvalue weighted by Gasteiger charge is 2.26. The number of esters is 1. The Kier molecular flexibility index (Phi) is 9.07. The van der Waals surface area contributed by atoms with Crippen molar-refractivity contribution in [1.29, 1.82) is 0 Å². The summed E-state index contributed by atoms with van der Waals surface area (Å²) in [4.78, 5) is 26.1. The molecular weight excluding hydrogens is 348 g/mol. The van der Waals surface area contributed by atoms with Gasteiger partial charge in [-0.1, -0.05) is 6.07 Å². The van der Waals surface area contributed by atoms with Gasteiger partial charge in [0.05, 0.1) is 25.7 Å². The fourth-order valence-electron chi connectivity index (χ4n) is 3.02. The quantitative estimate of drug-likeness (QED) is 0.497. The fraction of sp³-hybridized carbons (Fsp3) is 0.600. The van der Waals surface area contributed by atoms with E-state index in [0.717, 1.165) is 25.9 Å². The smallest absolute Gasteiger partial charge is 0.309 e. The first-order valence-electron chi connectivity index (χ1n) is 9.61. The lowest BCUT2D eigenvalue weighted by Gasteiger charge is -2.30. The van der Waals surface area contributed by atoms with Gasteiger partial charge in [0.2, 0.25) is 5.91 Å². The summed E-state index contributed by atoms with van der Waals surface area (Å²) in [6, 6.07) is 7.33. The summed E-state index contributed by atoms with van der Waals surface area (Å²) in [6.45, 7) is 7.59. The first kappa shape index (κ1) is 21.2. The Bertz CT molecular complexity index is 600. The van der Waals surface area contributed by atoms with Crippen molar-refractivity contribution in [3.63, 3.8) is 0 Å². The van der Waals surface area contributed by atoms with Gasteiger partial charge in [-0.25, -0.2) is 0 Å². The number of nitrogens with one attached hydrogen (secondary N) is 1. The predicted octanol–water partition coefficient (Wildman–Crippen LogP) is 2.32. The zero-order valence-corrected chi connectivity index (χ0v) is 16.2. The second-order valence-electron chi connectivity index (χ2n) is 6.42. The number of rotatable bonds is 10. The van der Waals surface area contributed by atoms with Crippen LogP contribution in [0.2, 0.25) is 0 Å². The summed E-state index contributed by atoms with van der Waals surface area (Å²) < 4.78 is 15.9. The Morgan fingerprint density at radius 1 is 1.15 bits per heavy atom. The summed E-state index contributed by atoms with van der Waals surface area (Å²) in [7, 11) is 0. The minimum atomic E-state index is -0.122. The summed E-state index contributed by atoms with van der Waals surface area (Å²) in [5, 5.41) is 2.90. The average molecular weight is 378 g/mol. The molecule has 1 N–H and O–H groups in total. The van der Waals surface area contributed by atoms with Crippen molar-refractivity contribution in [2.45, 2.75) is 26.7 Å². The molecule has 1 aromatic rings. The van der Waals surface area contributed by atoms with E-state index < -0.39 is 0 Å². The molecule has 0 aliphatic carbocycles. The molecule has 0 aromatic heterocycles. The zero-order valence-electron chi connectivity index (χ0n) is 16.2. The van der Waals surface area contributed by atoms with Gasteiger partial charge in [-0.05, 0) is 51.9 Å². The predicted molar refractivity (Wildman–Crippen MR) is 103 cm³/mol. The van der Waals surface area contributed by atoms with E-state index in [9.17, 15) is 9.59 Å². The topological polar surface area (TPSA) is 77.1 Å². The molecule has 1 heterocycles. The fourth-order valence-corrected chi connectivity index (χ4v) is 3.02. The lowest BCUT2D eigenvalue weighted by molar-refractivity contribution is -0.149. The highest BCUT2D eigenvalue weighted by molar-refractivity contribution is 5.92. The van der Waals surface area contributed by atoms with Crippen molar-refractivity contribution in [2.24, 2.45) is 5.92 Å². The van der Waals surface area contributed by atoms with Gasteiger partial charge in [0.25, 0.3) is 0 Å². The minimum absolute atomic E-state index is 0.0465. The number of piperidine rings is 1. The van der Waals surface area contributed by atoms with E-state index in [0.29, 0.717) is 44.4 Å². The Morgan fingerprint density at radius 2 is 1.93 bits per heavy atom. The van der Waals surface area contributed by atoms with Gasteiger partial charge in [-0.15, -0.1) is 0 Å². The number of hydrogen-bond donors (Lipinski definition) is 1. The van der Waals surface area contributed by atoms with Crippen LogP contribution in [0.15, 0.2) is 24.3 Å². The summed E-state index contributed by atoms with van der Waals surface area (Å²) in [6.07, 6.45) is 1.46. The van der Waals surface area contributed by atoms with Crippen molar-refractivity contribution in [2.75, 3.05) is 51.4 Å². The van der Waals surface area contributed by atoms with Crippen LogP contribution in [0, 0.1) is 5.92 Å². The van der Waals surface area contributed by atoms with Crippen molar-refractivity contribution in [3.8, 4) is 5.75 Å². The number of hydrogen-bond acceptors (Lipinski definition) is 6. The maximum absolute atomic E-state index is 12.3. The van der Waals surface area contributed by atoms with Gasteiger partial charge in [0, 0.05) is 18.4 Å². The lowest BCUT2D eigenvalue weighted by atomic mass is 9.97. The van der Waals surface area contributed by atoms with E-state index in [1.165, 1.54) is 0 Å². The molecule has 1 amide bonds. The highest BCUT2D eigenvalue weighted by Crippen LogP contribution is 2.20. The summed E-state index contributed by atoms with van der Waals surface area (Å²) in [5.74, 6) is 0.455. The third kappa shape index (κ3) is 7.56. The van der Waals surface area contributed by atoms with Crippen LogP contribution < -0.4 is 10.1 Å². The molecule has 1 saturated heterocycles. The monoisotopic (exact) mass is 378 g/mol. The van der Waals surface area contributed by atoms with Crippen molar-refractivity contribution >= 4 is 17.6 Å². The van der Waals surface area contributed by atoms with E-state index in [1.807, 2.05) is 32.0 Å². The molecule has 0 atom stereocenters. The van der Waals surface area contributed by atoms with Gasteiger partial charge in [0.1, 0.15) is 12.4 Å². The van der Waals surface area contributed by atoms with Crippen LogP contribution in [0.3, 0.4) is 0 Å². The Labute approximate surface area is 161 Å². The second kappa shape index (κ2) is 11.6. The van der Waals surface area contributed by atoms with Crippen LogP contribution in [-0.2, 0) is 19.1 Å². The third-order valence-electron chi connectivity index (χ3n) is 4.39. The van der Waals surface area contributed by atoms with Crippen LogP contribution in [-0.4, -0.2) is 62.8 Å². The number of carbonyl (C=O) groups is 2. The number of nitrogens with zero attached hydrogens (tertiary/aromatic N) is 1. The molecule has 1 fully saturated rings. The number of anilines is 1. The summed E-state index contributed by atoms with van der Waals surface area (Å²) >= 11 is 0. The van der Waals surface area contributed by atoms with E-state index in [-0.39, 0.29) is 17.8 Å². The average Bonchev–Trinajstić information content (AvgIpc) is 2.66. The molecule has 2 rings (SSSR count). The molecule has 1 aromatic carbocycles. The number of benzene rings is 1. The van der Waals surface area contributed by atoms with Gasteiger partial charge in [0.15, 0.2) is 0 Å². The van der Waals surface area contributed by atoms with Crippen LogP contribution in [0.25, 0.3) is 0 Å². The summed E-state index contributed by atoms with van der Waals surface area (Å²) in [5.41, 5.74) is 0.704. The standard InChI is InChI=1S/C20H30N2O5/c1-3-25-12-13-27-18-7-5-6-17(14-18)21-19(23)15-22-10-8-16(9-11-22)20(24)26-4-2/h5-7,14,16H,3-4,8-13,15H2,1-2H3,(H,21,23). The molecule has 0 spiro atoms. The molecule has 0 saturated carbocycles. The van der Waals surface area contributed by atoms with Crippen LogP contribution in [0.1, 0.15) is 26.7 Å². The number of ether oxygens (including phenoxy) is 3. The van der Waals surface area contributed by atoms with Crippen LogP contribution in [0.4, 0.5) is 5.69 Å². The first-order chi connectivity index (χ1) is 13.1. The van der Waals surface area contributed by atoms with E-state index >= 15 is 0 Å². The molecule has 7 nitrogen and oxygen atoms in total. The number of carbonyl (C=O) groups excluding carboxylic acids is 2. The largest absolute Gasteiger partial charge is 0.491 e. The van der Waals surface area contributed by atoms with E-state index in [4.69, 9.17) is 14.2 Å². The molecule has 150 valence electrons. The lowest BCUT2D eigenvalue weighted by Crippen LogP contribution is -2.41. The van der Waals surface area contributed by atoms with Gasteiger partial charge in [-0.3, -0.25) is 14.5 Å². The van der Waals surface area contributed by atoms with Crippen molar-refractivity contribution in [1.82, 2.24) is 4.90 Å². The van der Waals surface area contributed by atoms with Gasteiger partial charge in [-0.2, -0.15) is 0 Å². The van der Waals surface area contributed by atoms with Gasteiger partial charge >= 0.3 is 5.97 Å². The van der Waals surface area contributed by atoms with Crippen molar-refractivity contribution < 1.29 is 23.8 Å². The number of likely N-dealkylation sites (tertiary alicyclic amines) is 1. The molecule has 0 radical (unpaired) electrons. The Morgan fingerprint density at radius 3 is 2.63 bits per heavy atom. The normalized spacial score (nSPS) is 15.3. The van der Waals surface area contributed by atoms with Gasteiger partial charge < -0.3 is 19.5 Å². The minimum Gasteiger partial charge on any atom is -0.491 e. The zero-order chi connectivity index (χ0) is 19.5. The second-order valence-corrected chi connectivity index (χ2v) is 6.42. The van der Waals surface area contributed by atoms with E-state index in [1.54, 1.807) is 6.07 Å². The Balaban J connectivity index is 1.73. The third-order valence-corrected chi connectivity index (χ3v) is 4.39. The first-order valence-corrected chi connectivity index (χ1v) is 9.61. The molecule has 27 heavy (non-hydrogen) atoms. The van der Waals surface area contributed by atoms with Crippen LogP contribution >= 0.6 is 0 Å². The molecule has 0 bridgehead atoms. The SMILES string of the molecule is CCOCCOc1cccc(NC(=O)CN2CCC(C(=O)OCC)CC2)c1. The van der Waals surface area contributed by atoms with Crippen LogP contribution in [0.5, 0.6) is 5.75 Å². The molecule has 1 aliphatic heterocycles. The highest BCUT2D eigenvalue weighted by atomic mass is 16.5. The molecular formula is C20H30N2O5. The van der Waals surface area contributed by atoms with E-state index in [2.05, 4.69) is 10.2 Å². The maximum atomic E-state index is 12.3. The number of amides is 1. The molecule has 7 heteroatoms. The maximum Gasteiger partial charge on any atom is 0.309 e. The van der Waals surface area contributed by atoms with Crippen molar-refractivity contribution in [3.05, 3.63) is 24.3 Å². The molecule has 0 unspecified atom stereocenters. The Hall–Kier alpha value is -2.12.